The minimum atomic E-state index is -0.138. The summed E-state index contributed by atoms with van der Waals surface area (Å²) < 4.78 is 2.20. The molecule has 3 heterocycles. The highest BCUT2D eigenvalue weighted by molar-refractivity contribution is 6.11. The van der Waals surface area contributed by atoms with E-state index in [0.29, 0.717) is 11.1 Å². The van der Waals surface area contributed by atoms with Crippen molar-refractivity contribution in [1.82, 2.24) is 14.5 Å². The first-order valence-corrected chi connectivity index (χ1v) is 9.90. The third kappa shape index (κ3) is 3.35. The lowest BCUT2D eigenvalue weighted by molar-refractivity contribution is 0.102. The zero-order valence-corrected chi connectivity index (χ0v) is 17.0. The van der Waals surface area contributed by atoms with Gasteiger partial charge in [-0.25, -0.2) is 9.97 Å². The second-order valence-corrected chi connectivity index (χ2v) is 7.82. The minimum absolute atomic E-state index is 0.138. The molecule has 28 heavy (non-hydrogen) atoms. The number of aryl methyl sites for hydroxylation is 4. The summed E-state index contributed by atoms with van der Waals surface area (Å²) in [5.41, 5.74) is 6.02. The van der Waals surface area contributed by atoms with Crippen LogP contribution < -0.4 is 10.2 Å². The van der Waals surface area contributed by atoms with Gasteiger partial charge in [0.15, 0.2) is 5.65 Å². The van der Waals surface area contributed by atoms with E-state index in [1.807, 2.05) is 52.2 Å². The Labute approximate surface area is 165 Å². The van der Waals surface area contributed by atoms with Crippen LogP contribution in [0.3, 0.4) is 0 Å². The summed E-state index contributed by atoms with van der Waals surface area (Å²) in [4.78, 5) is 24.7. The molecule has 0 radical (unpaired) electrons. The first-order chi connectivity index (χ1) is 13.4. The summed E-state index contributed by atoms with van der Waals surface area (Å²) in [7, 11) is 4.03. The highest BCUT2D eigenvalue weighted by Gasteiger charge is 2.21. The predicted octanol–water partition coefficient (Wildman–Crippen LogP) is 4.09. The largest absolute Gasteiger partial charge is 0.377 e. The van der Waals surface area contributed by atoms with Crippen LogP contribution in [0.25, 0.3) is 11.2 Å². The molecule has 0 bridgehead atoms. The quantitative estimate of drug-likeness (QED) is 0.747. The smallest absolute Gasteiger partial charge is 0.258 e. The maximum Gasteiger partial charge on any atom is 0.258 e. The molecule has 1 aromatic carbocycles. The van der Waals surface area contributed by atoms with Crippen LogP contribution in [-0.2, 0) is 13.0 Å². The Bertz CT molecular complexity index is 1050. The Hall–Kier alpha value is -2.89. The van der Waals surface area contributed by atoms with Crippen molar-refractivity contribution in [3.05, 3.63) is 46.9 Å². The van der Waals surface area contributed by atoms with Crippen molar-refractivity contribution in [3.8, 4) is 0 Å². The number of pyridine rings is 1. The van der Waals surface area contributed by atoms with Crippen LogP contribution in [-0.4, -0.2) is 34.5 Å². The molecule has 6 nitrogen and oxygen atoms in total. The average Bonchev–Trinajstić information content (AvgIpc) is 2.82. The molecule has 0 saturated heterocycles. The van der Waals surface area contributed by atoms with E-state index in [4.69, 9.17) is 9.97 Å². The standard InChI is InChI=1S/C22H27N5O/c1-14-12-16(9-10-18(14)26(3)4)24-22(28)17-13-15(2)23-21-20(17)25-19-8-6-5-7-11-27(19)21/h9-10,12-13H,5-8,11H2,1-4H3,(H,24,28). The van der Waals surface area contributed by atoms with Crippen LogP contribution in [0, 0.1) is 13.8 Å². The summed E-state index contributed by atoms with van der Waals surface area (Å²) in [5, 5.41) is 3.04. The van der Waals surface area contributed by atoms with Gasteiger partial charge in [-0.15, -0.1) is 0 Å². The van der Waals surface area contributed by atoms with Crippen molar-refractivity contribution in [2.24, 2.45) is 0 Å². The second kappa shape index (κ2) is 7.26. The number of fused-ring (bicyclic) bond motifs is 3. The molecule has 0 saturated carbocycles. The zero-order valence-electron chi connectivity index (χ0n) is 17.0. The topological polar surface area (TPSA) is 63.1 Å². The monoisotopic (exact) mass is 377 g/mol. The summed E-state index contributed by atoms with van der Waals surface area (Å²) in [6.45, 7) is 4.91. The number of carbonyl (C=O) groups excluding carboxylic acids is 1. The van der Waals surface area contributed by atoms with E-state index in [1.165, 1.54) is 6.42 Å². The third-order valence-corrected chi connectivity index (χ3v) is 5.37. The van der Waals surface area contributed by atoms with E-state index in [9.17, 15) is 4.79 Å². The van der Waals surface area contributed by atoms with E-state index in [0.717, 1.165) is 59.9 Å². The van der Waals surface area contributed by atoms with Gasteiger partial charge in [-0.3, -0.25) is 4.79 Å². The molecule has 0 unspecified atom stereocenters. The molecule has 6 heteroatoms. The van der Waals surface area contributed by atoms with Gasteiger partial charge in [0.25, 0.3) is 5.91 Å². The Balaban J connectivity index is 1.70. The number of rotatable bonds is 3. The molecule has 1 aliphatic heterocycles. The predicted molar refractivity (Wildman–Crippen MR) is 113 cm³/mol. The van der Waals surface area contributed by atoms with Crippen molar-refractivity contribution in [3.63, 3.8) is 0 Å². The number of anilines is 2. The van der Waals surface area contributed by atoms with E-state index < -0.39 is 0 Å². The molecule has 1 N–H and O–H groups in total. The molecule has 0 aliphatic carbocycles. The number of benzene rings is 1. The van der Waals surface area contributed by atoms with Crippen molar-refractivity contribution in [1.29, 1.82) is 0 Å². The Kier molecular flexibility index (Phi) is 4.79. The Morgan fingerprint density at radius 2 is 1.93 bits per heavy atom. The van der Waals surface area contributed by atoms with Gasteiger partial charge >= 0.3 is 0 Å². The maximum absolute atomic E-state index is 13.1. The van der Waals surface area contributed by atoms with Crippen molar-refractivity contribution in [2.75, 3.05) is 24.3 Å². The first kappa shape index (κ1) is 18.5. The number of hydrogen-bond donors (Lipinski definition) is 1. The average molecular weight is 377 g/mol. The SMILES string of the molecule is Cc1cc(C(=O)Nc2ccc(N(C)C)c(C)c2)c2nc3n(c2n1)CCCCC3. The van der Waals surface area contributed by atoms with Gasteiger partial charge in [0.05, 0.1) is 5.56 Å². The van der Waals surface area contributed by atoms with Crippen LogP contribution in [0.1, 0.15) is 46.7 Å². The van der Waals surface area contributed by atoms with E-state index in [2.05, 4.69) is 14.8 Å². The summed E-state index contributed by atoms with van der Waals surface area (Å²) in [5.74, 6) is 0.909. The fourth-order valence-electron chi connectivity index (χ4n) is 4.02. The summed E-state index contributed by atoms with van der Waals surface area (Å²) in [6.07, 6.45) is 4.43. The summed E-state index contributed by atoms with van der Waals surface area (Å²) >= 11 is 0. The molecule has 0 atom stereocenters. The van der Waals surface area contributed by atoms with Gasteiger partial charge in [0.1, 0.15) is 11.3 Å². The number of hydrogen-bond acceptors (Lipinski definition) is 4. The minimum Gasteiger partial charge on any atom is -0.377 e. The molecule has 146 valence electrons. The van der Waals surface area contributed by atoms with Gasteiger partial charge in [0, 0.05) is 44.1 Å². The van der Waals surface area contributed by atoms with Crippen LogP contribution in [0.4, 0.5) is 11.4 Å². The molecule has 4 rings (SSSR count). The fourth-order valence-corrected chi connectivity index (χ4v) is 4.02. The Morgan fingerprint density at radius 1 is 1.11 bits per heavy atom. The van der Waals surface area contributed by atoms with Gasteiger partial charge in [-0.2, -0.15) is 0 Å². The van der Waals surface area contributed by atoms with Crippen molar-refractivity contribution < 1.29 is 4.79 Å². The highest BCUT2D eigenvalue weighted by Crippen LogP contribution is 2.26. The van der Waals surface area contributed by atoms with Crippen LogP contribution >= 0.6 is 0 Å². The Morgan fingerprint density at radius 3 is 2.68 bits per heavy atom. The normalized spacial score (nSPS) is 13.9. The molecule has 1 amide bonds. The lowest BCUT2D eigenvalue weighted by Crippen LogP contribution is -2.14. The van der Waals surface area contributed by atoms with Crippen molar-refractivity contribution in [2.45, 2.75) is 46.1 Å². The summed E-state index contributed by atoms with van der Waals surface area (Å²) in [6, 6.07) is 7.80. The molecule has 0 fully saturated rings. The maximum atomic E-state index is 13.1. The third-order valence-electron chi connectivity index (χ3n) is 5.37. The lowest BCUT2D eigenvalue weighted by Gasteiger charge is -2.16. The number of carbonyl (C=O) groups is 1. The van der Waals surface area contributed by atoms with E-state index in [1.54, 1.807) is 0 Å². The fraction of sp³-hybridized carbons (Fsp3) is 0.409. The lowest BCUT2D eigenvalue weighted by atomic mass is 10.1. The van der Waals surface area contributed by atoms with Crippen LogP contribution in [0.2, 0.25) is 0 Å². The number of amides is 1. The van der Waals surface area contributed by atoms with Gasteiger partial charge in [-0.1, -0.05) is 6.42 Å². The number of nitrogens with zero attached hydrogens (tertiary/aromatic N) is 4. The van der Waals surface area contributed by atoms with Gasteiger partial charge in [-0.05, 0) is 56.5 Å². The number of aromatic nitrogens is 3. The van der Waals surface area contributed by atoms with Crippen LogP contribution in [0.15, 0.2) is 24.3 Å². The molecule has 2 aromatic heterocycles. The number of imidazole rings is 1. The van der Waals surface area contributed by atoms with Gasteiger partial charge in [0.2, 0.25) is 0 Å². The zero-order chi connectivity index (χ0) is 19.8. The van der Waals surface area contributed by atoms with E-state index in [-0.39, 0.29) is 5.91 Å². The highest BCUT2D eigenvalue weighted by atomic mass is 16.1. The molecular weight excluding hydrogens is 350 g/mol. The molecule has 0 spiro atoms. The van der Waals surface area contributed by atoms with Crippen LogP contribution in [0.5, 0.6) is 0 Å². The molecular formula is C22H27N5O. The molecule has 3 aromatic rings. The van der Waals surface area contributed by atoms with Gasteiger partial charge < -0.3 is 14.8 Å². The van der Waals surface area contributed by atoms with Crippen molar-refractivity contribution >= 4 is 28.4 Å². The van der Waals surface area contributed by atoms with E-state index >= 15 is 0 Å². The molecule has 1 aliphatic rings. The first-order valence-electron chi connectivity index (χ1n) is 9.90. The number of nitrogens with one attached hydrogen (secondary N) is 1. The second-order valence-electron chi connectivity index (χ2n) is 7.82.